The number of aromatic nitrogens is 6. The average Bonchev–Trinajstić information content (AvgIpc) is 3.51. The Hall–Kier alpha value is -5.59. The molecule has 0 spiro atoms. The molecule has 0 saturated carbocycles. The van der Waals surface area contributed by atoms with Gasteiger partial charge < -0.3 is 25.0 Å². The molecular formula is C31H30FN9O3. The van der Waals surface area contributed by atoms with Crippen molar-refractivity contribution in [3.63, 3.8) is 0 Å². The zero-order chi connectivity index (χ0) is 30.6. The van der Waals surface area contributed by atoms with Crippen LogP contribution in [0.5, 0.6) is 17.4 Å². The van der Waals surface area contributed by atoms with Crippen LogP contribution in [0.1, 0.15) is 18.5 Å². The highest BCUT2D eigenvalue weighted by atomic mass is 19.1. The van der Waals surface area contributed by atoms with Crippen molar-refractivity contribution in [3.05, 3.63) is 85.2 Å². The molecule has 224 valence electrons. The number of carbonyl (C=O) groups excluding carboxylic acids is 1. The molecule has 2 aromatic carbocycles. The number of benzene rings is 2. The fraction of sp³-hybridized carbons (Fsp3) is 0.226. The molecule has 12 nitrogen and oxygen atoms in total. The highest BCUT2D eigenvalue weighted by molar-refractivity contribution is 5.95. The summed E-state index contributed by atoms with van der Waals surface area (Å²) in [5.74, 6) is 1.55. The van der Waals surface area contributed by atoms with E-state index in [-0.39, 0.29) is 29.3 Å². The van der Waals surface area contributed by atoms with Crippen LogP contribution in [-0.2, 0) is 4.79 Å². The summed E-state index contributed by atoms with van der Waals surface area (Å²) >= 11 is 0. The Morgan fingerprint density at radius 1 is 1.07 bits per heavy atom. The number of methoxy groups -OCH3 is 1. The van der Waals surface area contributed by atoms with Gasteiger partial charge in [0, 0.05) is 48.9 Å². The molecule has 0 radical (unpaired) electrons. The maximum Gasteiger partial charge on any atom is 0.245 e. The van der Waals surface area contributed by atoms with E-state index < -0.39 is 5.82 Å². The molecule has 1 fully saturated rings. The second kappa shape index (κ2) is 12.3. The first-order valence-corrected chi connectivity index (χ1v) is 14.0. The van der Waals surface area contributed by atoms with Gasteiger partial charge in [0.05, 0.1) is 29.7 Å². The van der Waals surface area contributed by atoms with Gasteiger partial charge in [0.2, 0.25) is 11.8 Å². The lowest BCUT2D eigenvalue weighted by atomic mass is 10.0. The molecule has 0 bridgehead atoms. The second-order valence-corrected chi connectivity index (χ2v) is 10.2. The molecule has 1 saturated heterocycles. The minimum atomic E-state index is -0.536. The van der Waals surface area contributed by atoms with Gasteiger partial charge in [-0.3, -0.25) is 4.79 Å². The highest BCUT2D eigenvalue weighted by Gasteiger charge is 2.23. The predicted molar refractivity (Wildman–Crippen MR) is 163 cm³/mol. The number of likely N-dealkylation sites (tertiary alicyclic amines) is 1. The van der Waals surface area contributed by atoms with Crippen molar-refractivity contribution in [1.82, 2.24) is 34.8 Å². The maximum absolute atomic E-state index is 15.3. The third-order valence-electron chi connectivity index (χ3n) is 7.30. The Labute approximate surface area is 252 Å². The second-order valence-electron chi connectivity index (χ2n) is 10.2. The van der Waals surface area contributed by atoms with Gasteiger partial charge in [-0.05, 0) is 56.2 Å². The smallest absolute Gasteiger partial charge is 0.245 e. The van der Waals surface area contributed by atoms with Crippen LogP contribution in [-0.4, -0.2) is 67.0 Å². The number of nitrogens with one attached hydrogen (secondary N) is 2. The van der Waals surface area contributed by atoms with Crippen molar-refractivity contribution in [2.45, 2.75) is 25.8 Å². The van der Waals surface area contributed by atoms with Crippen LogP contribution in [0.3, 0.4) is 0 Å². The van der Waals surface area contributed by atoms with Crippen LogP contribution >= 0.6 is 0 Å². The number of hydrogen-bond donors (Lipinski definition) is 2. The number of amides is 1. The quantitative estimate of drug-likeness (QED) is 0.220. The number of hydrogen-bond acceptors (Lipinski definition) is 10. The molecule has 1 amide bonds. The Balaban J connectivity index is 1.18. The van der Waals surface area contributed by atoms with E-state index in [0.29, 0.717) is 41.4 Å². The number of halogens is 1. The molecule has 2 N–H and O–H groups in total. The lowest BCUT2D eigenvalue weighted by Crippen LogP contribution is -2.41. The van der Waals surface area contributed by atoms with Gasteiger partial charge in [-0.1, -0.05) is 6.58 Å². The molecule has 4 heterocycles. The van der Waals surface area contributed by atoms with E-state index in [0.717, 1.165) is 24.2 Å². The molecule has 44 heavy (non-hydrogen) atoms. The van der Waals surface area contributed by atoms with Gasteiger partial charge in [-0.25, -0.2) is 19.0 Å². The third kappa shape index (κ3) is 6.11. The summed E-state index contributed by atoms with van der Waals surface area (Å²) in [5, 5.41) is 19.8. The molecule has 13 heteroatoms. The van der Waals surface area contributed by atoms with Gasteiger partial charge >= 0.3 is 0 Å². The molecule has 0 unspecified atom stereocenters. The van der Waals surface area contributed by atoms with Crippen LogP contribution < -0.4 is 20.1 Å². The van der Waals surface area contributed by atoms with E-state index in [4.69, 9.17) is 9.47 Å². The van der Waals surface area contributed by atoms with Crippen molar-refractivity contribution in [3.8, 4) is 23.2 Å². The normalized spacial score (nSPS) is 13.5. The van der Waals surface area contributed by atoms with E-state index in [1.54, 1.807) is 42.5 Å². The number of piperidine rings is 1. The lowest BCUT2D eigenvalue weighted by molar-refractivity contribution is -0.126. The summed E-state index contributed by atoms with van der Waals surface area (Å²) in [6.07, 6.45) is 5.99. The molecule has 3 aromatic heterocycles. The van der Waals surface area contributed by atoms with E-state index in [2.05, 4.69) is 42.5 Å². The SMILES string of the molecule is C=CC(=O)N1CCC(Nc2cc3c(Nc4ccc(Oc5ccn(-c6ccc(C)nn6)n5)cc4F)ncnc3cc2OC)CC1. The minimum absolute atomic E-state index is 0.0596. The van der Waals surface area contributed by atoms with E-state index in [1.807, 2.05) is 25.1 Å². The van der Waals surface area contributed by atoms with Gasteiger partial charge in [0.25, 0.3) is 0 Å². The first-order valence-electron chi connectivity index (χ1n) is 14.0. The standard InChI is InChI=1S/C31H30FN9O3/c1-4-30(42)40-12-9-20(10-13-40)35-26-16-22-25(17-27(26)43-3)33-18-34-31(22)36-24-7-6-21(15-23(24)32)44-29-11-14-41(39-29)28-8-5-19(2)37-38-28/h4-8,11,14-18,20,35H,1,9-10,12-13H2,2-3H3,(H,33,34,36). The van der Waals surface area contributed by atoms with Crippen LogP contribution in [0.15, 0.2) is 73.7 Å². The van der Waals surface area contributed by atoms with Gasteiger partial charge in [-0.2, -0.15) is 5.10 Å². The van der Waals surface area contributed by atoms with E-state index >= 15 is 4.39 Å². The Morgan fingerprint density at radius 3 is 2.64 bits per heavy atom. The molecule has 1 aliphatic heterocycles. The maximum atomic E-state index is 15.3. The third-order valence-corrected chi connectivity index (χ3v) is 7.30. The molecule has 0 atom stereocenters. The Kier molecular flexibility index (Phi) is 8.00. The highest BCUT2D eigenvalue weighted by Crippen LogP contribution is 2.35. The van der Waals surface area contributed by atoms with E-state index in [9.17, 15) is 4.79 Å². The largest absolute Gasteiger partial charge is 0.495 e. The number of aryl methyl sites for hydroxylation is 1. The number of rotatable bonds is 9. The lowest BCUT2D eigenvalue weighted by Gasteiger charge is -2.32. The number of nitrogens with zero attached hydrogens (tertiary/aromatic N) is 7. The number of ether oxygens (including phenoxy) is 2. The topological polar surface area (TPSA) is 132 Å². The number of fused-ring (bicyclic) bond motifs is 1. The fourth-order valence-corrected chi connectivity index (χ4v) is 4.97. The molecule has 6 rings (SSSR count). The monoisotopic (exact) mass is 595 g/mol. The molecule has 1 aliphatic rings. The first kappa shape index (κ1) is 28.5. The van der Waals surface area contributed by atoms with Crippen LogP contribution in [0.25, 0.3) is 16.7 Å². The van der Waals surface area contributed by atoms with E-state index in [1.165, 1.54) is 23.2 Å². The predicted octanol–water partition coefficient (Wildman–Crippen LogP) is 5.19. The number of carbonyl (C=O) groups is 1. The molecular weight excluding hydrogens is 565 g/mol. The van der Waals surface area contributed by atoms with Crippen molar-refractivity contribution >= 4 is 34.0 Å². The first-order chi connectivity index (χ1) is 21.4. The van der Waals surface area contributed by atoms with Crippen LogP contribution in [0.2, 0.25) is 0 Å². The van der Waals surface area contributed by atoms with Crippen LogP contribution in [0, 0.1) is 12.7 Å². The summed E-state index contributed by atoms with van der Waals surface area (Å²) in [5.41, 5.74) is 2.39. The van der Waals surface area contributed by atoms with Crippen molar-refractivity contribution in [2.24, 2.45) is 0 Å². The molecule has 0 aliphatic carbocycles. The van der Waals surface area contributed by atoms with Gasteiger partial charge in [-0.15, -0.1) is 10.2 Å². The zero-order valence-electron chi connectivity index (χ0n) is 24.2. The van der Waals surface area contributed by atoms with Crippen molar-refractivity contribution in [1.29, 1.82) is 0 Å². The fourth-order valence-electron chi connectivity index (χ4n) is 4.97. The Bertz CT molecular complexity index is 1820. The number of anilines is 3. The molecule has 5 aromatic rings. The summed E-state index contributed by atoms with van der Waals surface area (Å²) in [6.45, 7) is 6.69. The summed E-state index contributed by atoms with van der Waals surface area (Å²) in [6, 6.07) is 13.6. The van der Waals surface area contributed by atoms with Gasteiger partial charge in [0.1, 0.15) is 29.5 Å². The summed E-state index contributed by atoms with van der Waals surface area (Å²) in [7, 11) is 1.60. The summed E-state index contributed by atoms with van der Waals surface area (Å²) < 4.78 is 28.2. The summed E-state index contributed by atoms with van der Waals surface area (Å²) in [4.78, 5) is 22.5. The van der Waals surface area contributed by atoms with Gasteiger partial charge in [0.15, 0.2) is 5.82 Å². The van der Waals surface area contributed by atoms with Crippen molar-refractivity contribution < 1.29 is 18.7 Å². The average molecular weight is 596 g/mol. The van der Waals surface area contributed by atoms with Crippen molar-refractivity contribution in [2.75, 3.05) is 30.8 Å². The Morgan fingerprint density at radius 2 is 1.91 bits per heavy atom. The zero-order valence-corrected chi connectivity index (χ0v) is 24.2. The van der Waals surface area contributed by atoms with Crippen LogP contribution in [0.4, 0.5) is 21.6 Å². The minimum Gasteiger partial charge on any atom is -0.495 e.